The molecule has 1 amide bonds. The Balaban J connectivity index is 3.51. The fourth-order valence-corrected chi connectivity index (χ4v) is 6.49. The average molecular weight is 758 g/mol. The Hall–Kier alpha value is -2.18. The predicted octanol–water partition coefficient (Wildman–Crippen LogP) is 13.1. The fourth-order valence-electron chi connectivity index (χ4n) is 6.49. The first kappa shape index (κ1) is 51.8. The third-order valence-electron chi connectivity index (χ3n) is 10.0. The van der Waals surface area contributed by atoms with Gasteiger partial charge in [0.2, 0.25) is 5.91 Å². The average Bonchev–Trinajstić information content (AvgIpc) is 3.17. The Morgan fingerprint density at radius 1 is 0.519 bits per heavy atom. The molecule has 314 valence electrons. The Kier molecular flexibility index (Phi) is 41.8. The number of carbonyl (C=O) groups is 2. The molecule has 0 radical (unpaired) electrons. The molecule has 6 nitrogen and oxygen atoms in total. The summed E-state index contributed by atoms with van der Waals surface area (Å²) in [6, 6.07) is -0.638. The van der Waals surface area contributed by atoms with Gasteiger partial charge < -0.3 is 20.3 Å². The summed E-state index contributed by atoms with van der Waals surface area (Å²) in [5.41, 5.74) is 0. The minimum atomic E-state index is -0.853. The molecule has 2 atom stereocenters. The van der Waals surface area contributed by atoms with E-state index in [0.717, 1.165) is 83.5 Å². The molecule has 6 heteroatoms. The van der Waals surface area contributed by atoms with Gasteiger partial charge in [0.05, 0.1) is 25.4 Å². The van der Waals surface area contributed by atoms with Crippen LogP contribution in [0.2, 0.25) is 0 Å². The van der Waals surface area contributed by atoms with E-state index in [1.165, 1.54) is 109 Å². The number of unbranched alkanes of at least 4 members (excludes halogenated alkanes) is 24. The molecule has 0 saturated heterocycles. The molecule has 0 fully saturated rings. The van der Waals surface area contributed by atoms with Crippen LogP contribution in [0.3, 0.4) is 0 Å². The zero-order valence-corrected chi connectivity index (χ0v) is 35.4. The number of hydrogen-bond donors (Lipinski definition) is 3. The lowest BCUT2D eigenvalue weighted by Gasteiger charge is -2.20. The first-order valence-corrected chi connectivity index (χ1v) is 22.9. The van der Waals surface area contributed by atoms with Crippen LogP contribution in [0.15, 0.2) is 48.6 Å². The van der Waals surface area contributed by atoms with E-state index < -0.39 is 12.1 Å². The Morgan fingerprint density at radius 2 is 0.963 bits per heavy atom. The molecule has 0 aromatic heterocycles. The summed E-state index contributed by atoms with van der Waals surface area (Å²) in [6.07, 6.45) is 52.4. The topological polar surface area (TPSA) is 95.9 Å². The largest absolute Gasteiger partial charge is 0.466 e. The van der Waals surface area contributed by atoms with Crippen molar-refractivity contribution in [2.75, 3.05) is 13.2 Å². The van der Waals surface area contributed by atoms with Crippen LogP contribution < -0.4 is 5.32 Å². The van der Waals surface area contributed by atoms with Crippen LogP contribution in [0.4, 0.5) is 0 Å². The maximum absolute atomic E-state index is 12.3. The normalized spacial score (nSPS) is 13.2. The first-order chi connectivity index (χ1) is 26.5. The summed E-state index contributed by atoms with van der Waals surface area (Å²) >= 11 is 0. The number of aliphatic hydroxyl groups is 2. The zero-order valence-electron chi connectivity index (χ0n) is 35.4. The van der Waals surface area contributed by atoms with Crippen molar-refractivity contribution in [1.82, 2.24) is 5.32 Å². The minimum absolute atomic E-state index is 0.0283. The monoisotopic (exact) mass is 758 g/mol. The number of ether oxygens (including phenoxy) is 1. The Labute approximate surface area is 334 Å². The van der Waals surface area contributed by atoms with Gasteiger partial charge >= 0.3 is 5.97 Å². The summed E-state index contributed by atoms with van der Waals surface area (Å²) in [5.74, 6) is -0.117. The van der Waals surface area contributed by atoms with E-state index in [9.17, 15) is 19.8 Å². The van der Waals surface area contributed by atoms with E-state index in [4.69, 9.17) is 4.74 Å². The second-order valence-electron chi connectivity index (χ2n) is 15.4. The molecule has 0 aliphatic rings. The third kappa shape index (κ3) is 39.5. The lowest BCUT2D eigenvalue weighted by Crippen LogP contribution is -2.45. The molecule has 0 heterocycles. The van der Waals surface area contributed by atoms with E-state index >= 15 is 0 Å². The summed E-state index contributed by atoms with van der Waals surface area (Å²) in [6.45, 7) is 4.74. The molecule has 0 saturated carbocycles. The number of allylic oxidation sites excluding steroid dienone is 7. The number of nitrogens with one attached hydrogen (secondary N) is 1. The standard InChI is InChI=1S/C48H87NO5/c1-3-5-7-9-11-13-14-18-22-26-30-34-38-42-48(53)54-43-39-35-31-27-23-20-17-15-16-19-21-25-29-33-37-41-47(52)49-45(44-50)46(51)40-36-32-28-24-12-10-8-6-4-2/h7,9,13-14,17,20,36,40,45-46,50-51H,3-6,8,10-12,15-16,18-19,21-35,37-39,41-44H2,1-2H3,(H,49,52)/b9-7-,14-13-,20-17-,40-36+. The molecule has 0 aromatic rings. The van der Waals surface area contributed by atoms with Crippen molar-refractivity contribution in [1.29, 1.82) is 0 Å². The van der Waals surface area contributed by atoms with Gasteiger partial charge in [-0.2, -0.15) is 0 Å². The summed E-state index contributed by atoms with van der Waals surface area (Å²) in [4.78, 5) is 24.3. The molecule has 0 bridgehead atoms. The van der Waals surface area contributed by atoms with Crippen molar-refractivity contribution in [3.05, 3.63) is 48.6 Å². The zero-order chi connectivity index (χ0) is 39.4. The highest BCUT2D eigenvalue weighted by Crippen LogP contribution is 2.13. The van der Waals surface area contributed by atoms with Crippen molar-refractivity contribution in [3.63, 3.8) is 0 Å². The van der Waals surface area contributed by atoms with Gasteiger partial charge in [0.1, 0.15) is 0 Å². The Morgan fingerprint density at radius 3 is 1.50 bits per heavy atom. The number of esters is 1. The van der Waals surface area contributed by atoms with Crippen LogP contribution in [-0.4, -0.2) is 47.4 Å². The molecule has 0 aliphatic heterocycles. The number of hydrogen-bond acceptors (Lipinski definition) is 5. The highest BCUT2D eigenvalue weighted by atomic mass is 16.5. The Bertz CT molecular complexity index is 926. The summed E-state index contributed by atoms with van der Waals surface area (Å²) in [5, 5.41) is 22.8. The highest BCUT2D eigenvalue weighted by molar-refractivity contribution is 5.76. The van der Waals surface area contributed by atoms with E-state index in [2.05, 4.69) is 55.6 Å². The number of rotatable bonds is 41. The molecular formula is C48H87NO5. The predicted molar refractivity (Wildman–Crippen MR) is 232 cm³/mol. The molecule has 0 aliphatic carbocycles. The SMILES string of the molecule is CCC/C=C\C/C=C\CCCCCCCC(=O)OCCCCCC/C=C\CCCCCCCCCC(=O)NC(CO)C(O)/C=C/CCCCCCCCC. The molecule has 0 aromatic carbocycles. The van der Waals surface area contributed by atoms with Crippen LogP contribution in [-0.2, 0) is 14.3 Å². The van der Waals surface area contributed by atoms with Crippen LogP contribution in [0.1, 0.15) is 219 Å². The van der Waals surface area contributed by atoms with Gasteiger partial charge in [-0.3, -0.25) is 9.59 Å². The lowest BCUT2D eigenvalue weighted by molar-refractivity contribution is -0.143. The second-order valence-corrected chi connectivity index (χ2v) is 15.4. The summed E-state index contributed by atoms with van der Waals surface area (Å²) < 4.78 is 5.43. The van der Waals surface area contributed by atoms with Crippen molar-refractivity contribution < 1.29 is 24.5 Å². The molecule has 2 unspecified atom stereocenters. The van der Waals surface area contributed by atoms with Crippen LogP contribution in [0.5, 0.6) is 0 Å². The molecule has 3 N–H and O–H groups in total. The van der Waals surface area contributed by atoms with Crippen LogP contribution in [0.25, 0.3) is 0 Å². The maximum atomic E-state index is 12.3. The quantitative estimate of drug-likeness (QED) is 0.0328. The number of carbonyl (C=O) groups excluding carboxylic acids is 2. The van der Waals surface area contributed by atoms with E-state index in [-0.39, 0.29) is 18.5 Å². The third-order valence-corrected chi connectivity index (χ3v) is 10.0. The van der Waals surface area contributed by atoms with Crippen LogP contribution >= 0.6 is 0 Å². The molecule has 54 heavy (non-hydrogen) atoms. The van der Waals surface area contributed by atoms with Crippen LogP contribution in [0, 0.1) is 0 Å². The minimum Gasteiger partial charge on any atom is -0.466 e. The van der Waals surface area contributed by atoms with Gasteiger partial charge in [-0.05, 0) is 83.5 Å². The van der Waals surface area contributed by atoms with Crippen molar-refractivity contribution in [3.8, 4) is 0 Å². The lowest BCUT2D eigenvalue weighted by atomic mass is 10.1. The van der Waals surface area contributed by atoms with Gasteiger partial charge in [0.25, 0.3) is 0 Å². The van der Waals surface area contributed by atoms with E-state index in [1.807, 2.05) is 6.08 Å². The van der Waals surface area contributed by atoms with Crippen molar-refractivity contribution in [2.24, 2.45) is 0 Å². The number of amides is 1. The summed E-state index contributed by atoms with van der Waals surface area (Å²) in [7, 11) is 0. The maximum Gasteiger partial charge on any atom is 0.305 e. The molecular weight excluding hydrogens is 671 g/mol. The fraction of sp³-hybridized carbons (Fsp3) is 0.792. The van der Waals surface area contributed by atoms with E-state index in [1.54, 1.807) is 6.08 Å². The highest BCUT2D eigenvalue weighted by Gasteiger charge is 2.18. The second kappa shape index (κ2) is 43.5. The van der Waals surface area contributed by atoms with Gasteiger partial charge in [0.15, 0.2) is 0 Å². The van der Waals surface area contributed by atoms with Crippen molar-refractivity contribution in [2.45, 2.75) is 231 Å². The van der Waals surface area contributed by atoms with Gasteiger partial charge in [0, 0.05) is 12.8 Å². The van der Waals surface area contributed by atoms with Gasteiger partial charge in [-0.25, -0.2) is 0 Å². The number of aliphatic hydroxyl groups excluding tert-OH is 2. The first-order valence-electron chi connectivity index (χ1n) is 22.9. The smallest absolute Gasteiger partial charge is 0.305 e. The molecule has 0 rings (SSSR count). The van der Waals surface area contributed by atoms with E-state index in [0.29, 0.717) is 19.4 Å². The van der Waals surface area contributed by atoms with Crippen molar-refractivity contribution >= 4 is 11.9 Å². The van der Waals surface area contributed by atoms with Gasteiger partial charge in [-0.15, -0.1) is 0 Å². The van der Waals surface area contributed by atoms with Gasteiger partial charge in [-0.1, -0.05) is 172 Å². The molecule has 0 spiro atoms.